The Morgan fingerprint density at radius 1 is 1.06 bits per heavy atom. The van der Waals surface area contributed by atoms with E-state index in [-0.39, 0.29) is 28.6 Å². The van der Waals surface area contributed by atoms with Crippen LogP contribution in [0.5, 0.6) is 0 Å². The summed E-state index contributed by atoms with van der Waals surface area (Å²) < 4.78 is 0. The van der Waals surface area contributed by atoms with Gasteiger partial charge >= 0.3 is 0 Å². The van der Waals surface area contributed by atoms with Crippen LogP contribution in [-0.4, -0.2) is 36.1 Å². The molecule has 0 amide bonds. The van der Waals surface area contributed by atoms with Gasteiger partial charge in [0.15, 0.2) is 11.6 Å². The van der Waals surface area contributed by atoms with E-state index < -0.39 is 16.2 Å². The van der Waals surface area contributed by atoms with Gasteiger partial charge in [-0.2, -0.15) is 10.5 Å². The monoisotopic (exact) mass is 413 g/mol. The lowest BCUT2D eigenvalue weighted by atomic mass is 9.45. The molecule has 1 heterocycles. The highest BCUT2D eigenvalue weighted by Gasteiger charge is 2.59. The average Bonchev–Trinajstić information content (AvgIpc) is 3.25. The summed E-state index contributed by atoms with van der Waals surface area (Å²) in [7, 11) is 0. The van der Waals surface area contributed by atoms with Crippen LogP contribution in [0.25, 0.3) is 0 Å². The van der Waals surface area contributed by atoms with Gasteiger partial charge in [0.25, 0.3) is 0 Å². The van der Waals surface area contributed by atoms with E-state index in [2.05, 4.69) is 22.8 Å². The number of nitriles is 2. The van der Waals surface area contributed by atoms with Crippen molar-refractivity contribution < 1.29 is 9.59 Å². The Hall–Kier alpha value is -2.94. The van der Waals surface area contributed by atoms with Gasteiger partial charge in [0.2, 0.25) is 0 Å². The second-order valence-corrected chi connectivity index (χ2v) is 9.94. The number of hydrogen-bond acceptors (Lipinski definition) is 5. The van der Waals surface area contributed by atoms with Crippen LogP contribution in [0, 0.1) is 56.7 Å². The SMILES string of the molecule is CC1(C)C(=O)C(C#N)=CC2(C)C3=CC(=O)C(C#N)=CC3(C#CCN3CCCC3)CCC12. The molecule has 2 fully saturated rings. The summed E-state index contributed by atoms with van der Waals surface area (Å²) in [4.78, 5) is 28.0. The van der Waals surface area contributed by atoms with Crippen LogP contribution in [-0.2, 0) is 9.59 Å². The van der Waals surface area contributed by atoms with Crippen LogP contribution in [0.2, 0.25) is 0 Å². The fraction of sp³-hybridized carbons (Fsp3) is 0.538. The molecule has 3 aliphatic carbocycles. The third-order valence-electron chi connectivity index (χ3n) is 7.74. The first-order valence-electron chi connectivity index (χ1n) is 11.0. The predicted molar refractivity (Wildman–Crippen MR) is 116 cm³/mol. The van der Waals surface area contributed by atoms with Crippen molar-refractivity contribution in [2.75, 3.05) is 19.6 Å². The molecule has 0 aromatic heterocycles. The molecule has 5 heteroatoms. The van der Waals surface area contributed by atoms with Crippen molar-refractivity contribution in [3.8, 4) is 24.0 Å². The number of hydrogen-bond donors (Lipinski definition) is 0. The topological polar surface area (TPSA) is 85.0 Å². The molecular formula is C26H27N3O2. The van der Waals surface area contributed by atoms with Gasteiger partial charge < -0.3 is 0 Å². The summed E-state index contributed by atoms with van der Waals surface area (Å²) in [5.41, 5.74) is -1.01. The number of carbonyl (C=O) groups is 2. The van der Waals surface area contributed by atoms with Gasteiger partial charge in [-0.3, -0.25) is 14.5 Å². The third kappa shape index (κ3) is 3.18. The molecule has 4 aliphatic rings. The zero-order valence-electron chi connectivity index (χ0n) is 18.4. The van der Waals surface area contributed by atoms with Crippen molar-refractivity contribution in [3.05, 3.63) is 34.9 Å². The molecule has 1 aliphatic heterocycles. The minimum Gasteiger partial charge on any atom is -0.293 e. The van der Waals surface area contributed by atoms with Gasteiger partial charge in [-0.15, -0.1) is 0 Å². The van der Waals surface area contributed by atoms with Crippen molar-refractivity contribution in [2.45, 2.75) is 46.5 Å². The minimum absolute atomic E-state index is 0.0470. The van der Waals surface area contributed by atoms with Crippen molar-refractivity contribution >= 4 is 11.6 Å². The average molecular weight is 414 g/mol. The van der Waals surface area contributed by atoms with Crippen LogP contribution in [0.3, 0.4) is 0 Å². The quantitative estimate of drug-likeness (QED) is 0.614. The van der Waals surface area contributed by atoms with E-state index in [1.54, 1.807) is 18.2 Å². The van der Waals surface area contributed by atoms with E-state index in [9.17, 15) is 20.1 Å². The molecule has 0 radical (unpaired) electrons. The molecule has 0 N–H and O–H groups in total. The van der Waals surface area contributed by atoms with E-state index in [0.717, 1.165) is 25.1 Å². The molecule has 5 nitrogen and oxygen atoms in total. The molecule has 31 heavy (non-hydrogen) atoms. The molecular weight excluding hydrogens is 386 g/mol. The van der Waals surface area contributed by atoms with E-state index in [1.807, 2.05) is 26.8 Å². The van der Waals surface area contributed by atoms with Crippen LogP contribution in [0.1, 0.15) is 46.5 Å². The largest absolute Gasteiger partial charge is 0.293 e. The first kappa shape index (κ1) is 21.3. The summed E-state index contributed by atoms with van der Waals surface area (Å²) in [5, 5.41) is 19.2. The normalized spacial score (nSPS) is 34.1. The number of carbonyl (C=O) groups excluding carboxylic acids is 2. The van der Waals surface area contributed by atoms with Crippen LogP contribution < -0.4 is 0 Å². The van der Waals surface area contributed by atoms with Gasteiger partial charge in [0, 0.05) is 10.8 Å². The lowest BCUT2D eigenvalue weighted by Crippen LogP contribution is -2.53. The summed E-state index contributed by atoms with van der Waals surface area (Å²) in [6.07, 6.45) is 8.82. The van der Waals surface area contributed by atoms with E-state index in [1.165, 1.54) is 12.8 Å². The zero-order chi connectivity index (χ0) is 22.4. The molecule has 4 rings (SSSR count). The van der Waals surface area contributed by atoms with Gasteiger partial charge in [-0.1, -0.05) is 38.7 Å². The number of Topliss-reactive ketones (excluding diaryl/α,β-unsaturated/α-hetero) is 1. The number of allylic oxidation sites excluding steroid dienone is 6. The highest BCUT2D eigenvalue weighted by atomic mass is 16.1. The second kappa shape index (κ2) is 7.33. The Balaban J connectivity index is 1.85. The zero-order valence-corrected chi connectivity index (χ0v) is 18.4. The first-order chi connectivity index (χ1) is 14.7. The van der Waals surface area contributed by atoms with Crippen LogP contribution in [0.4, 0.5) is 0 Å². The Morgan fingerprint density at radius 3 is 2.39 bits per heavy atom. The van der Waals surface area contributed by atoms with Crippen molar-refractivity contribution in [3.63, 3.8) is 0 Å². The summed E-state index contributed by atoms with van der Waals surface area (Å²) >= 11 is 0. The van der Waals surface area contributed by atoms with Gasteiger partial charge in [-0.25, -0.2) is 0 Å². The smallest absolute Gasteiger partial charge is 0.196 e. The van der Waals surface area contributed by atoms with E-state index in [4.69, 9.17) is 0 Å². The Bertz CT molecular complexity index is 1090. The third-order valence-corrected chi connectivity index (χ3v) is 7.74. The number of nitrogens with zero attached hydrogens (tertiary/aromatic N) is 3. The standard InChI is InChI=1S/C26H27N3O2/c1-24(2)21-7-9-26(8-6-12-29-10-4-5-11-29)15-18(16-27)20(30)13-22(26)25(21,3)14-19(17-28)23(24)31/h13-15,21H,4-5,7,9-12H2,1-3H3. The van der Waals surface area contributed by atoms with Crippen molar-refractivity contribution in [1.82, 2.24) is 4.90 Å². The maximum atomic E-state index is 12.9. The summed E-state index contributed by atoms with van der Waals surface area (Å²) in [6, 6.07) is 4.11. The lowest BCUT2D eigenvalue weighted by molar-refractivity contribution is -0.130. The van der Waals surface area contributed by atoms with Gasteiger partial charge in [0.1, 0.15) is 12.1 Å². The van der Waals surface area contributed by atoms with E-state index in [0.29, 0.717) is 13.0 Å². The molecule has 158 valence electrons. The molecule has 0 spiro atoms. The highest BCUT2D eigenvalue weighted by Crippen LogP contribution is 2.63. The molecule has 1 saturated carbocycles. The maximum Gasteiger partial charge on any atom is 0.196 e. The number of rotatable bonds is 1. The highest BCUT2D eigenvalue weighted by molar-refractivity contribution is 6.09. The number of fused-ring (bicyclic) bond motifs is 3. The predicted octanol–water partition coefficient (Wildman–Crippen LogP) is 3.51. The van der Waals surface area contributed by atoms with E-state index >= 15 is 0 Å². The molecule has 0 aromatic carbocycles. The van der Waals surface area contributed by atoms with Crippen LogP contribution >= 0.6 is 0 Å². The number of likely N-dealkylation sites (tertiary alicyclic amines) is 1. The van der Waals surface area contributed by atoms with Gasteiger partial charge in [0.05, 0.1) is 23.1 Å². The fourth-order valence-corrected chi connectivity index (χ4v) is 6.18. The Kier molecular flexibility index (Phi) is 5.04. The minimum atomic E-state index is -0.725. The lowest BCUT2D eigenvalue weighted by Gasteiger charge is -2.56. The molecule has 1 saturated heterocycles. The second-order valence-electron chi connectivity index (χ2n) is 9.94. The molecule has 0 bridgehead atoms. The maximum absolute atomic E-state index is 12.9. The fourth-order valence-electron chi connectivity index (χ4n) is 6.18. The molecule has 3 unspecified atom stereocenters. The van der Waals surface area contributed by atoms with Crippen LogP contribution in [0.15, 0.2) is 34.9 Å². The molecule has 0 aromatic rings. The van der Waals surface area contributed by atoms with Gasteiger partial charge in [-0.05, 0) is 62.4 Å². The summed E-state index contributed by atoms with van der Waals surface area (Å²) in [5.74, 6) is 6.27. The summed E-state index contributed by atoms with van der Waals surface area (Å²) in [6.45, 7) is 8.58. The molecule has 3 atom stereocenters. The Morgan fingerprint density at radius 2 is 1.74 bits per heavy atom. The number of ketones is 2. The van der Waals surface area contributed by atoms with Crippen molar-refractivity contribution in [2.24, 2.45) is 22.2 Å². The van der Waals surface area contributed by atoms with Crippen molar-refractivity contribution in [1.29, 1.82) is 10.5 Å². The Labute approximate surface area is 184 Å². The first-order valence-corrected chi connectivity index (χ1v) is 11.0.